The zero-order chi connectivity index (χ0) is 12.0. The van der Waals surface area contributed by atoms with Gasteiger partial charge in [-0.1, -0.05) is 0 Å². The summed E-state index contributed by atoms with van der Waals surface area (Å²) < 4.78 is 22.3. The predicted molar refractivity (Wildman–Crippen MR) is 54.8 cm³/mol. The third kappa shape index (κ3) is 2.27. The first-order valence-corrected chi connectivity index (χ1v) is 5.46. The summed E-state index contributed by atoms with van der Waals surface area (Å²) >= 11 is 0. The molecule has 2 fully saturated rings. The molecule has 5 nitrogen and oxygen atoms in total. The molecular weight excluding hydrogens is 212 g/mol. The molecule has 0 aliphatic carbocycles. The van der Waals surface area contributed by atoms with Gasteiger partial charge in [0.25, 0.3) is 0 Å². The molecule has 0 amide bonds. The van der Waals surface area contributed by atoms with Crippen molar-refractivity contribution in [3.63, 3.8) is 0 Å². The van der Waals surface area contributed by atoms with Crippen molar-refractivity contribution in [2.75, 3.05) is 6.61 Å². The smallest absolute Gasteiger partial charge is 0.164 e. The highest BCUT2D eigenvalue weighted by Crippen LogP contribution is 2.34. The summed E-state index contributed by atoms with van der Waals surface area (Å²) in [7, 11) is 0. The van der Waals surface area contributed by atoms with Crippen LogP contribution in [0.15, 0.2) is 0 Å². The topological polar surface area (TPSA) is 54.0 Å². The molecule has 0 spiro atoms. The number of aldehydes is 1. The molecule has 0 saturated carbocycles. The first-order chi connectivity index (χ1) is 7.33. The molecular formula is C11H18O5. The monoisotopic (exact) mass is 230 g/mol. The number of rotatable bonds is 2. The number of carbonyl (C=O) groups is 1. The van der Waals surface area contributed by atoms with E-state index in [0.717, 1.165) is 6.29 Å². The fourth-order valence-corrected chi connectivity index (χ4v) is 2.09. The van der Waals surface area contributed by atoms with Crippen LogP contribution in [-0.2, 0) is 23.7 Å². The van der Waals surface area contributed by atoms with Crippen LogP contribution in [0.2, 0.25) is 0 Å². The molecule has 2 aliphatic rings. The van der Waals surface area contributed by atoms with Crippen molar-refractivity contribution in [2.45, 2.75) is 57.6 Å². The second kappa shape index (κ2) is 3.77. The van der Waals surface area contributed by atoms with Crippen LogP contribution in [0, 0.1) is 0 Å². The molecule has 16 heavy (non-hydrogen) atoms. The number of carbonyl (C=O) groups excluding carboxylic acids is 1. The van der Waals surface area contributed by atoms with Crippen molar-refractivity contribution in [3.8, 4) is 0 Å². The minimum atomic E-state index is -0.744. The van der Waals surface area contributed by atoms with Gasteiger partial charge in [0.1, 0.15) is 18.3 Å². The maximum atomic E-state index is 10.9. The van der Waals surface area contributed by atoms with Crippen molar-refractivity contribution in [2.24, 2.45) is 0 Å². The summed E-state index contributed by atoms with van der Waals surface area (Å²) in [5.74, 6) is -1.36. The van der Waals surface area contributed by atoms with Gasteiger partial charge in [0.15, 0.2) is 17.9 Å². The molecule has 2 rings (SSSR count). The maximum Gasteiger partial charge on any atom is 0.164 e. The average molecular weight is 230 g/mol. The highest BCUT2D eigenvalue weighted by atomic mass is 16.8. The van der Waals surface area contributed by atoms with Crippen LogP contribution in [-0.4, -0.2) is 42.8 Å². The van der Waals surface area contributed by atoms with Crippen LogP contribution >= 0.6 is 0 Å². The Hall–Kier alpha value is -0.490. The summed E-state index contributed by atoms with van der Waals surface area (Å²) in [5, 5.41) is 0. The van der Waals surface area contributed by atoms with Gasteiger partial charge in [-0.2, -0.15) is 0 Å². The average Bonchev–Trinajstić information content (AvgIpc) is 2.65. The molecule has 2 saturated heterocycles. The third-order valence-corrected chi connectivity index (χ3v) is 2.69. The van der Waals surface area contributed by atoms with E-state index in [4.69, 9.17) is 18.9 Å². The molecule has 0 aromatic carbocycles. The molecule has 0 aromatic rings. The molecule has 3 atom stereocenters. The Balaban J connectivity index is 2.07. The first kappa shape index (κ1) is 12.0. The van der Waals surface area contributed by atoms with E-state index in [1.165, 1.54) is 0 Å². The zero-order valence-corrected chi connectivity index (χ0v) is 10.1. The van der Waals surface area contributed by atoms with E-state index in [1.54, 1.807) is 13.8 Å². The fourth-order valence-electron chi connectivity index (χ4n) is 2.09. The largest absolute Gasteiger partial charge is 0.348 e. The number of ether oxygens (including phenoxy) is 4. The van der Waals surface area contributed by atoms with E-state index in [0.29, 0.717) is 6.61 Å². The number of hydrogen-bond acceptors (Lipinski definition) is 5. The molecule has 0 radical (unpaired) electrons. The molecule has 0 aromatic heterocycles. The summed E-state index contributed by atoms with van der Waals surface area (Å²) in [6.07, 6.45) is -0.479. The van der Waals surface area contributed by atoms with Crippen LogP contribution in [0.1, 0.15) is 27.7 Å². The Bertz CT molecular complexity index is 286. The van der Waals surface area contributed by atoms with E-state index >= 15 is 0 Å². The number of hydrogen-bond donors (Lipinski definition) is 0. The van der Waals surface area contributed by atoms with Gasteiger partial charge in [-0.3, -0.25) is 0 Å². The Morgan fingerprint density at radius 1 is 1.06 bits per heavy atom. The summed E-state index contributed by atoms with van der Waals surface area (Å²) in [4.78, 5) is 10.9. The first-order valence-electron chi connectivity index (χ1n) is 5.46. The lowest BCUT2D eigenvalue weighted by molar-refractivity contribution is -0.174. The van der Waals surface area contributed by atoms with Gasteiger partial charge in [-0.25, -0.2) is 0 Å². The van der Waals surface area contributed by atoms with Gasteiger partial charge < -0.3 is 23.7 Å². The molecule has 1 unspecified atom stereocenters. The van der Waals surface area contributed by atoms with E-state index in [2.05, 4.69) is 0 Å². The van der Waals surface area contributed by atoms with Crippen LogP contribution in [0.25, 0.3) is 0 Å². The standard InChI is InChI=1S/C11H18O5/c1-10(2)13-6-8(15-10)9-7(5-12)14-11(3,4)16-9/h5,7-9H,6H2,1-4H3/t7-,8-,9?/m0/s1. The minimum absolute atomic E-state index is 0.257. The van der Waals surface area contributed by atoms with Crippen LogP contribution in [0.3, 0.4) is 0 Å². The third-order valence-electron chi connectivity index (χ3n) is 2.69. The van der Waals surface area contributed by atoms with Gasteiger partial charge in [0.2, 0.25) is 0 Å². The van der Waals surface area contributed by atoms with Gasteiger partial charge in [0, 0.05) is 0 Å². The van der Waals surface area contributed by atoms with E-state index in [1.807, 2.05) is 13.8 Å². The fraction of sp³-hybridized carbons (Fsp3) is 0.909. The Labute approximate surface area is 95.0 Å². The Kier molecular flexibility index (Phi) is 2.82. The second-order valence-corrected chi connectivity index (χ2v) is 5.07. The van der Waals surface area contributed by atoms with Crippen molar-refractivity contribution >= 4 is 6.29 Å². The highest BCUT2D eigenvalue weighted by Gasteiger charge is 2.49. The van der Waals surface area contributed by atoms with Crippen LogP contribution < -0.4 is 0 Å². The summed E-state index contributed by atoms with van der Waals surface area (Å²) in [6, 6.07) is 0. The highest BCUT2D eigenvalue weighted by molar-refractivity contribution is 5.58. The molecule has 0 bridgehead atoms. The lowest BCUT2D eigenvalue weighted by atomic mass is 10.1. The van der Waals surface area contributed by atoms with Gasteiger partial charge >= 0.3 is 0 Å². The molecule has 0 N–H and O–H groups in total. The van der Waals surface area contributed by atoms with Crippen LogP contribution in [0.5, 0.6) is 0 Å². The normalized spacial score (nSPS) is 41.1. The maximum absolute atomic E-state index is 10.9. The van der Waals surface area contributed by atoms with Crippen molar-refractivity contribution in [3.05, 3.63) is 0 Å². The van der Waals surface area contributed by atoms with Crippen LogP contribution in [0.4, 0.5) is 0 Å². The van der Waals surface area contributed by atoms with Gasteiger partial charge in [-0.05, 0) is 27.7 Å². The Morgan fingerprint density at radius 3 is 2.25 bits per heavy atom. The lowest BCUT2D eigenvalue weighted by Gasteiger charge is -2.22. The second-order valence-electron chi connectivity index (χ2n) is 5.07. The molecule has 92 valence electrons. The van der Waals surface area contributed by atoms with E-state index in [-0.39, 0.29) is 6.10 Å². The van der Waals surface area contributed by atoms with Crippen molar-refractivity contribution in [1.82, 2.24) is 0 Å². The van der Waals surface area contributed by atoms with E-state index in [9.17, 15) is 4.79 Å². The SMILES string of the molecule is CC1(C)OC([C@@H]2COC(C)(C)O2)[C@H](C=O)O1. The quantitative estimate of drug-likeness (QED) is 0.658. The van der Waals surface area contributed by atoms with Crippen molar-refractivity contribution in [1.29, 1.82) is 0 Å². The van der Waals surface area contributed by atoms with Gasteiger partial charge in [0.05, 0.1) is 6.61 Å². The lowest BCUT2D eigenvalue weighted by Crippen LogP contribution is -2.38. The predicted octanol–water partition coefficient (Wildman–Crippen LogP) is 0.857. The molecule has 2 heterocycles. The molecule has 5 heteroatoms. The zero-order valence-electron chi connectivity index (χ0n) is 10.1. The minimum Gasteiger partial charge on any atom is -0.348 e. The summed E-state index contributed by atoms with van der Waals surface area (Å²) in [6.45, 7) is 7.66. The summed E-state index contributed by atoms with van der Waals surface area (Å²) in [5.41, 5.74) is 0. The molecule has 2 aliphatic heterocycles. The van der Waals surface area contributed by atoms with E-state index < -0.39 is 23.8 Å². The van der Waals surface area contributed by atoms with Gasteiger partial charge in [-0.15, -0.1) is 0 Å². The Morgan fingerprint density at radius 2 is 1.75 bits per heavy atom. The van der Waals surface area contributed by atoms with Crippen molar-refractivity contribution < 1.29 is 23.7 Å².